The van der Waals surface area contributed by atoms with E-state index in [1.54, 1.807) is 26.6 Å². The third-order valence-electron chi connectivity index (χ3n) is 7.50. The minimum Gasteiger partial charge on any atom is -0.386 e. The zero-order valence-electron chi connectivity index (χ0n) is 22.6. The standard InChI is InChI=1S/C28H35FN6O3S/c1-30-26-6-4-20(16-24(26)29)25-7-5-23-21(17-35(28(23)32-25)27-18-33(2)19-31-27)8-11-34(12-13-38-3)22-9-14-39(36,37)15-10-22/h4-7,16-19,22,30H,8-15H2,1-3H3. The Morgan fingerprint density at radius 1 is 1.15 bits per heavy atom. The number of anilines is 1. The second kappa shape index (κ2) is 11.4. The number of benzene rings is 1. The Morgan fingerprint density at radius 3 is 2.62 bits per heavy atom. The van der Waals surface area contributed by atoms with Gasteiger partial charge in [-0.3, -0.25) is 9.47 Å². The second-order valence-electron chi connectivity index (χ2n) is 10.1. The topological polar surface area (TPSA) is 94.3 Å². The summed E-state index contributed by atoms with van der Waals surface area (Å²) in [7, 11) is 2.37. The molecule has 0 radical (unpaired) electrons. The molecule has 1 aliphatic heterocycles. The summed E-state index contributed by atoms with van der Waals surface area (Å²) in [5, 5.41) is 3.86. The predicted octanol–water partition coefficient (Wildman–Crippen LogP) is 3.67. The number of rotatable bonds is 10. The predicted molar refractivity (Wildman–Crippen MR) is 152 cm³/mol. The third kappa shape index (κ3) is 6.00. The van der Waals surface area contributed by atoms with E-state index in [4.69, 9.17) is 9.72 Å². The molecule has 1 N–H and O–H groups in total. The first-order chi connectivity index (χ1) is 18.8. The lowest BCUT2D eigenvalue weighted by molar-refractivity contribution is 0.115. The fourth-order valence-electron chi connectivity index (χ4n) is 5.30. The molecule has 0 spiro atoms. The van der Waals surface area contributed by atoms with Crippen LogP contribution in [0.5, 0.6) is 0 Å². The average Bonchev–Trinajstić information content (AvgIpc) is 3.52. The SMILES string of the molecule is CNc1ccc(-c2ccc3c(CCN(CCOC)C4CCS(=O)(=O)CC4)cn(-c4cn(C)cn4)c3n2)cc1F. The Labute approximate surface area is 228 Å². The number of sulfone groups is 1. The summed E-state index contributed by atoms with van der Waals surface area (Å²) < 4.78 is 47.7. The van der Waals surface area contributed by atoms with Gasteiger partial charge in [-0.2, -0.15) is 0 Å². The Balaban J connectivity index is 1.47. The molecule has 0 amide bonds. The summed E-state index contributed by atoms with van der Waals surface area (Å²) in [4.78, 5) is 11.9. The number of nitrogens with zero attached hydrogens (tertiary/aromatic N) is 5. The molecule has 4 aromatic rings. The molecule has 11 heteroatoms. The van der Waals surface area contributed by atoms with Crippen molar-refractivity contribution in [1.82, 2.24) is 24.0 Å². The van der Waals surface area contributed by atoms with Crippen molar-refractivity contribution in [3.63, 3.8) is 0 Å². The van der Waals surface area contributed by atoms with Gasteiger partial charge in [-0.1, -0.05) is 6.07 Å². The molecule has 4 heterocycles. The number of imidazole rings is 1. The molecule has 1 saturated heterocycles. The fraction of sp³-hybridized carbons (Fsp3) is 0.429. The van der Waals surface area contributed by atoms with Crippen molar-refractivity contribution in [2.45, 2.75) is 25.3 Å². The quantitative estimate of drug-likeness (QED) is 0.320. The summed E-state index contributed by atoms with van der Waals surface area (Å²) >= 11 is 0. The molecule has 1 aliphatic rings. The number of methoxy groups -OCH3 is 1. The van der Waals surface area contributed by atoms with Gasteiger partial charge in [0.05, 0.1) is 35.8 Å². The smallest absolute Gasteiger partial charge is 0.156 e. The summed E-state index contributed by atoms with van der Waals surface area (Å²) in [6.07, 6.45) is 7.82. The molecule has 0 unspecified atom stereocenters. The minimum atomic E-state index is -2.93. The van der Waals surface area contributed by atoms with Crippen molar-refractivity contribution in [1.29, 1.82) is 0 Å². The zero-order valence-corrected chi connectivity index (χ0v) is 23.4. The van der Waals surface area contributed by atoms with Gasteiger partial charge in [0.1, 0.15) is 21.3 Å². The number of aromatic nitrogens is 4. The van der Waals surface area contributed by atoms with Crippen LogP contribution < -0.4 is 5.32 Å². The van der Waals surface area contributed by atoms with Gasteiger partial charge in [0.15, 0.2) is 5.82 Å². The number of nitrogens with one attached hydrogen (secondary N) is 1. The van der Waals surface area contributed by atoms with E-state index in [0.717, 1.165) is 41.9 Å². The van der Waals surface area contributed by atoms with E-state index >= 15 is 0 Å². The van der Waals surface area contributed by atoms with Crippen molar-refractivity contribution in [3.05, 3.63) is 60.4 Å². The van der Waals surface area contributed by atoms with Gasteiger partial charge in [0.2, 0.25) is 0 Å². The van der Waals surface area contributed by atoms with Crippen LogP contribution in [0.2, 0.25) is 0 Å². The van der Waals surface area contributed by atoms with Crippen molar-refractivity contribution in [2.75, 3.05) is 50.7 Å². The molecule has 1 fully saturated rings. The average molecular weight is 555 g/mol. The van der Waals surface area contributed by atoms with Crippen LogP contribution in [0.4, 0.5) is 10.1 Å². The summed E-state index contributed by atoms with van der Waals surface area (Å²) in [6.45, 7) is 2.11. The number of aryl methyl sites for hydroxylation is 1. The van der Waals surface area contributed by atoms with E-state index < -0.39 is 9.84 Å². The molecule has 0 atom stereocenters. The first-order valence-corrected chi connectivity index (χ1v) is 15.0. The Morgan fingerprint density at radius 2 is 1.95 bits per heavy atom. The lowest BCUT2D eigenvalue weighted by atomic mass is 10.1. The van der Waals surface area contributed by atoms with Gasteiger partial charge in [0.25, 0.3) is 0 Å². The van der Waals surface area contributed by atoms with Crippen LogP contribution >= 0.6 is 0 Å². The molecule has 9 nitrogen and oxygen atoms in total. The lowest BCUT2D eigenvalue weighted by Gasteiger charge is -2.34. The number of halogens is 1. The second-order valence-corrected chi connectivity index (χ2v) is 12.4. The number of hydrogen-bond donors (Lipinski definition) is 1. The van der Waals surface area contributed by atoms with Crippen molar-refractivity contribution in [2.24, 2.45) is 7.05 Å². The van der Waals surface area contributed by atoms with Gasteiger partial charge < -0.3 is 14.6 Å². The van der Waals surface area contributed by atoms with Gasteiger partial charge >= 0.3 is 0 Å². The van der Waals surface area contributed by atoms with Crippen molar-refractivity contribution in [3.8, 4) is 17.1 Å². The van der Waals surface area contributed by atoms with Crippen molar-refractivity contribution >= 4 is 26.6 Å². The van der Waals surface area contributed by atoms with E-state index in [-0.39, 0.29) is 23.4 Å². The number of fused-ring (bicyclic) bond motifs is 1. The monoisotopic (exact) mass is 554 g/mol. The number of hydrogen-bond acceptors (Lipinski definition) is 7. The van der Waals surface area contributed by atoms with Crippen LogP contribution in [0.1, 0.15) is 18.4 Å². The lowest BCUT2D eigenvalue weighted by Crippen LogP contribution is -2.43. The maximum absolute atomic E-state index is 14.5. The van der Waals surface area contributed by atoms with E-state index in [1.165, 1.54) is 6.07 Å². The molecule has 0 saturated carbocycles. The van der Waals surface area contributed by atoms with Crippen LogP contribution in [-0.2, 0) is 28.0 Å². The van der Waals surface area contributed by atoms with E-state index in [9.17, 15) is 12.8 Å². The molecule has 0 bridgehead atoms. The van der Waals surface area contributed by atoms with E-state index in [0.29, 0.717) is 36.4 Å². The van der Waals surface area contributed by atoms with Gasteiger partial charge in [0, 0.05) is 63.7 Å². The zero-order chi connectivity index (χ0) is 27.6. The highest BCUT2D eigenvalue weighted by Crippen LogP contribution is 2.29. The Bertz CT molecular complexity index is 1550. The molecular weight excluding hydrogens is 519 g/mol. The molecular formula is C28H35FN6O3S. The van der Waals surface area contributed by atoms with Crippen LogP contribution in [0.15, 0.2) is 49.1 Å². The molecule has 3 aromatic heterocycles. The van der Waals surface area contributed by atoms with E-state index in [2.05, 4.69) is 21.4 Å². The third-order valence-corrected chi connectivity index (χ3v) is 9.21. The maximum Gasteiger partial charge on any atom is 0.156 e. The van der Waals surface area contributed by atoms with Crippen LogP contribution in [0.3, 0.4) is 0 Å². The molecule has 5 rings (SSSR count). The minimum absolute atomic E-state index is 0.216. The van der Waals surface area contributed by atoms with Crippen LogP contribution in [0.25, 0.3) is 28.1 Å². The summed E-state index contributed by atoms with van der Waals surface area (Å²) in [5.74, 6) is 0.902. The highest BCUT2D eigenvalue weighted by atomic mass is 32.2. The molecule has 0 aliphatic carbocycles. The maximum atomic E-state index is 14.5. The highest BCUT2D eigenvalue weighted by Gasteiger charge is 2.28. The van der Waals surface area contributed by atoms with Gasteiger partial charge in [-0.05, 0) is 49.1 Å². The number of ether oxygens (including phenoxy) is 1. The first-order valence-electron chi connectivity index (χ1n) is 13.2. The first kappa shape index (κ1) is 27.3. The molecule has 1 aromatic carbocycles. The molecule has 39 heavy (non-hydrogen) atoms. The Hall–Kier alpha value is -3.28. The largest absolute Gasteiger partial charge is 0.386 e. The van der Waals surface area contributed by atoms with Crippen molar-refractivity contribution < 1.29 is 17.5 Å². The fourth-order valence-corrected chi connectivity index (χ4v) is 6.76. The van der Waals surface area contributed by atoms with Gasteiger partial charge in [-0.15, -0.1) is 0 Å². The summed E-state index contributed by atoms with van der Waals surface area (Å²) in [5.41, 5.74) is 3.69. The normalized spacial score (nSPS) is 15.8. The van der Waals surface area contributed by atoms with Crippen LogP contribution in [-0.4, -0.2) is 83.8 Å². The number of pyridine rings is 1. The van der Waals surface area contributed by atoms with Crippen LogP contribution in [0, 0.1) is 5.82 Å². The van der Waals surface area contributed by atoms with E-state index in [1.807, 2.05) is 40.6 Å². The Kier molecular flexibility index (Phi) is 8.01. The summed E-state index contributed by atoms with van der Waals surface area (Å²) in [6, 6.07) is 9.25. The highest BCUT2D eigenvalue weighted by molar-refractivity contribution is 7.91. The van der Waals surface area contributed by atoms with Gasteiger partial charge in [-0.25, -0.2) is 22.8 Å². The molecule has 208 valence electrons.